The third-order valence-electron chi connectivity index (χ3n) is 2.76. The number of halogens is 1. The van der Waals surface area contributed by atoms with Gasteiger partial charge in [0, 0.05) is 22.7 Å². The molecule has 1 aromatic heterocycles. The minimum Gasteiger partial charge on any atom is -0.389 e. The number of anilines is 1. The fourth-order valence-corrected chi connectivity index (χ4v) is 3.49. The summed E-state index contributed by atoms with van der Waals surface area (Å²) in [5.41, 5.74) is 8.86. The van der Waals surface area contributed by atoms with Crippen LogP contribution in [0.3, 0.4) is 0 Å². The van der Waals surface area contributed by atoms with E-state index in [4.69, 9.17) is 18.0 Å². The summed E-state index contributed by atoms with van der Waals surface area (Å²) in [5, 5.41) is 3.42. The van der Waals surface area contributed by atoms with E-state index in [0.717, 1.165) is 24.2 Å². The molecule has 2 rings (SSSR count). The maximum absolute atomic E-state index is 5.74. The number of thiophene rings is 1. The Hall–Kier alpha value is -0.910. The number of benzene rings is 1. The summed E-state index contributed by atoms with van der Waals surface area (Å²) < 4.78 is 1.17. The summed E-state index contributed by atoms with van der Waals surface area (Å²) in [7, 11) is 0. The Bertz CT molecular complexity index is 593. The molecule has 19 heavy (non-hydrogen) atoms. The predicted molar refractivity (Wildman–Crippen MR) is 91.3 cm³/mol. The Labute approximate surface area is 131 Å². The van der Waals surface area contributed by atoms with Crippen LogP contribution in [0, 0.1) is 6.92 Å². The standard InChI is InChI=1S/C14H15BrN2S2/c1-9-2-4-11(14(16)18)12(8-9)17-7-6-10-3-5-13(15)19-10/h2-5,8,17H,6-7H2,1H3,(H2,16,18). The molecule has 2 nitrogen and oxygen atoms in total. The monoisotopic (exact) mass is 354 g/mol. The van der Waals surface area contributed by atoms with Crippen molar-refractivity contribution in [2.75, 3.05) is 11.9 Å². The van der Waals surface area contributed by atoms with Crippen LogP contribution < -0.4 is 11.1 Å². The summed E-state index contributed by atoms with van der Waals surface area (Å²) in [6, 6.07) is 10.3. The number of thiocarbonyl (C=S) groups is 1. The van der Waals surface area contributed by atoms with Gasteiger partial charge < -0.3 is 11.1 Å². The molecule has 0 saturated heterocycles. The minimum atomic E-state index is 0.432. The van der Waals surface area contributed by atoms with Crippen molar-refractivity contribution >= 4 is 50.2 Å². The lowest BCUT2D eigenvalue weighted by Crippen LogP contribution is -2.14. The van der Waals surface area contributed by atoms with Crippen LogP contribution in [0.4, 0.5) is 5.69 Å². The third kappa shape index (κ3) is 4.03. The smallest absolute Gasteiger partial charge is 0.106 e. The van der Waals surface area contributed by atoms with E-state index in [-0.39, 0.29) is 0 Å². The van der Waals surface area contributed by atoms with Gasteiger partial charge in [0.2, 0.25) is 0 Å². The van der Waals surface area contributed by atoms with E-state index in [1.54, 1.807) is 11.3 Å². The number of rotatable bonds is 5. The maximum Gasteiger partial charge on any atom is 0.106 e. The topological polar surface area (TPSA) is 38.0 Å². The van der Waals surface area contributed by atoms with Gasteiger partial charge in [0.25, 0.3) is 0 Å². The van der Waals surface area contributed by atoms with Gasteiger partial charge in [-0.1, -0.05) is 18.3 Å². The molecule has 1 heterocycles. The zero-order valence-corrected chi connectivity index (χ0v) is 13.8. The molecule has 3 N–H and O–H groups in total. The molecule has 0 atom stereocenters. The van der Waals surface area contributed by atoms with E-state index in [1.165, 1.54) is 14.2 Å². The fourth-order valence-electron chi connectivity index (χ4n) is 1.83. The normalized spacial score (nSPS) is 10.4. The molecule has 100 valence electrons. The lowest BCUT2D eigenvalue weighted by atomic mass is 10.1. The molecule has 2 aromatic rings. The second-order valence-corrected chi connectivity index (χ2v) is 7.28. The van der Waals surface area contributed by atoms with Crippen molar-refractivity contribution in [1.29, 1.82) is 0 Å². The zero-order chi connectivity index (χ0) is 13.8. The van der Waals surface area contributed by atoms with Crippen LogP contribution in [0.5, 0.6) is 0 Å². The molecule has 5 heteroatoms. The van der Waals surface area contributed by atoms with Gasteiger partial charge >= 0.3 is 0 Å². The number of aryl methyl sites for hydroxylation is 1. The predicted octanol–water partition coefficient (Wildman–Crippen LogP) is 4.11. The van der Waals surface area contributed by atoms with Gasteiger partial charge in [0.05, 0.1) is 3.79 Å². The van der Waals surface area contributed by atoms with Crippen molar-refractivity contribution in [2.24, 2.45) is 5.73 Å². The lowest BCUT2D eigenvalue weighted by Gasteiger charge is -2.11. The largest absolute Gasteiger partial charge is 0.389 e. The van der Waals surface area contributed by atoms with Crippen molar-refractivity contribution < 1.29 is 0 Å². The summed E-state index contributed by atoms with van der Waals surface area (Å²) >= 11 is 10.3. The van der Waals surface area contributed by atoms with E-state index in [9.17, 15) is 0 Å². The molecule has 0 spiro atoms. The average molecular weight is 355 g/mol. The number of nitrogens with two attached hydrogens (primary N) is 1. The van der Waals surface area contributed by atoms with E-state index in [1.807, 2.05) is 12.1 Å². The second kappa shape index (κ2) is 6.50. The number of hydrogen-bond acceptors (Lipinski definition) is 3. The maximum atomic E-state index is 5.74. The lowest BCUT2D eigenvalue weighted by molar-refractivity contribution is 1.04. The zero-order valence-electron chi connectivity index (χ0n) is 10.6. The number of hydrogen-bond donors (Lipinski definition) is 2. The molecule has 0 aliphatic heterocycles. The van der Waals surface area contributed by atoms with Crippen molar-refractivity contribution in [1.82, 2.24) is 0 Å². The fraction of sp³-hybridized carbons (Fsp3) is 0.214. The molecule has 0 aliphatic carbocycles. The van der Waals surface area contributed by atoms with Crippen LogP contribution in [0.1, 0.15) is 16.0 Å². The van der Waals surface area contributed by atoms with E-state index in [0.29, 0.717) is 4.99 Å². The highest BCUT2D eigenvalue weighted by Crippen LogP contribution is 2.23. The Morgan fingerprint density at radius 3 is 2.79 bits per heavy atom. The first kappa shape index (κ1) is 14.5. The van der Waals surface area contributed by atoms with Crippen LogP contribution in [-0.4, -0.2) is 11.5 Å². The van der Waals surface area contributed by atoms with Gasteiger partial charge in [-0.3, -0.25) is 0 Å². The minimum absolute atomic E-state index is 0.432. The summed E-state index contributed by atoms with van der Waals surface area (Å²) in [5.74, 6) is 0. The Morgan fingerprint density at radius 1 is 1.37 bits per heavy atom. The molecule has 0 fully saturated rings. The van der Waals surface area contributed by atoms with Crippen molar-refractivity contribution in [3.05, 3.63) is 50.1 Å². The van der Waals surface area contributed by atoms with Crippen LogP contribution >= 0.6 is 39.5 Å². The highest BCUT2D eigenvalue weighted by molar-refractivity contribution is 9.11. The molecule has 0 unspecified atom stereocenters. The van der Waals surface area contributed by atoms with Gasteiger partial charge in [0.1, 0.15) is 4.99 Å². The third-order valence-corrected chi connectivity index (χ3v) is 4.66. The van der Waals surface area contributed by atoms with Crippen LogP contribution in [0.2, 0.25) is 0 Å². The molecule has 1 aromatic carbocycles. The SMILES string of the molecule is Cc1ccc(C(N)=S)c(NCCc2ccc(Br)s2)c1. The van der Waals surface area contributed by atoms with Crippen molar-refractivity contribution in [2.45, 2.75) is 13.3 Å². The average Bonchev–Trinajstić information content (AvgIpc) is 2.75. The second-order valence-electron chi connectivity index (χ2n) is 4.30. The number of nitrogens with one attached hydrogen (secondary N) is 1. The first-order valence-corrected chi connectivity index (χ1v) is 7.96. The molecule has 0 radical (unpaired) electrons. The Balaban J connectivity index is 2.02. The van der Waals surface area contributed by atoms with E-state index in [2.05, 4.69) is 46.4 Å². The molecule has 0 amide bonds. The Morgan fingerprint density at radius 2 is 2.16 bits per heavy atom. The van der Waals surface area contributed by atoms with Crippen LogP contribution in [-0.2, 0) is 6.42 Å². The van der Waals surface area contributed by atoms with Gasteiger partial charge in [0.15, 0.2) is 0 Å². The first-order valence-electron chi connectivity index (χ1n) is 5.95. The highest BCUT2D eigenvalue weighted by Gasteiger charge is 2.05. The molecule has 0 saturated carbocycles. The summed E-state index contributed by atoms with van der Waals surface area (Å²) in [4.78, 5) is 1.78. The van der Waals surface area contributed by atoms with Crippen LogP contribution in [0.15, 0.2) is 34.1 Å². The summed E-state index contributed by atoms with van der Waals surface area (Å²) in [6.45, 7) is 2.93. The quantitative estimate of drug-likeness (QED) is 0.793. The van der Waals surface area contributed by atoms with E-state index < -0.39 is 0 Å². The molecular weight excluding hydrogens is 340 g/mol. The first-order chi connectivity index (χ1) is 9.06. The molecular formula is C14H15BrN2S2. The van der Waals surface area contributed by atoms with Gasteiger partial charge in [-0.2, -0.15) is 0 Å². The van der Waals surface area contributed by atoms with Crippen molar-refractivity contribution in [3.8, 4) is 0 Å². The van der Waals surface area contributed by atoms with Gasteiger partial charge in [-0.15, -0.1) is 11.3 Å². The molecule has 0 aliphatic rings. The van der Waals surface area contributed by atoms with Crippen LogP contribution in [0.25, 0.3) is 0 Å². The van der Waals surface area contributed by atoms with Crippen molar-refractivity contribution in [3.63, 3.8) is 0 Å². The highest BCUT2D eigenvalue weighted by atomic mass is 79.9. The van der Waals surface area contributed by atoms with Gasteiger partial charge in [-0.25, -0.2) is 0 Å². The summed E-state index contributed by atoms with van der Waals surface area (Å²) in [6.07, 6.45) is 0.987. The molecule has 0 bridgehead atoms. The van der Waals surface area contributed by atoms with E-state index >= 15 is 0 Å². The van der Waals surface area contributed by atoms with Gasteiger partial charge in [-0.05, 0) is 59.1 Å². The Kier molecular flexibility index (Phi) is 4.96.